The van der Waals surface area contributed by atoms with Crippen LogP contribution in [0.4, 0.5) is 37.7 Å². The van der Waals surface area contributed by atoms with Crippen molar-refractivity contribution in [2.75, 3.05) is 30.8 Å². The van der Waals surface area contributed by atoms with Gasteiger partial charge in [0.15, 0.2) is 11.5 Å². The molecule has 2 amide bonds. The Kier molecular flexibility index (Phi) is 7.66. The number of ether oxygens (including phenoxy) is 3. The van der Waals surface area contributed by atoms with Crippen molar-refractivity contribution < 1.29 is 50.1 Å². The molecule has 1 atom stereocenters. The minimum atomic E-state index is -5.05. The van der Waals surface area contributed by atoms with Gasteiger partial charge in [0.25, 0.3) is 11.8 Å². The van der Waals surface area contributed by atoms with Crippen LogP contribution in [0.25, 0.3) is 0 Å². The number of benzene rings is 3. The fourth-order valence-corrected chi connectivity index (χ4v) is 4.79. The van der Waals surface area contributed by atoms with E-state index in [9.17, 15) is 35.9 Å². The van der Waals surface area contributed by atoms with Gasteiger partial charge in [-0.15, -0.1) is 8.78 Å². The van der Waals surface area contributed by atoms with Gasteiger partial charge in [-0.25, -0.2) is 4.39 Å². The lowest BCUT2D eigenvalue weighted by Gasteiger charge is -2.24. The number of alkyl halides is 5. The standard InChI is InChI=1S/C28H23F6N3O5/c1-40-22-7-4-14(15-3-2-8-35-13-15)9-18(22)26(39)37-21-12-24-23(41-28(33,34)42-24)11-17(21)25(38)36-16-5-6-20(29)19(10-16)27(30,31)32/h4-7,9-12,15,35H,2-3,8,13H2,1H3,(H,36,38)(H,37,39). The Hall–Kier alpha value is -4.46. The van der Waals surface area contributed by atoms with Crippen molar-refractivity contribution in [3.05, 3.63) is 76.6 Å². The first kappa shape index (κ1) is 29.0. The first-order valence-corrected chi connectivity index (χ1v) is 12.7. The average molecular weight is 595 g/mol. The molecular formula is C28H23F6N3O5. The average Bonchev–Trinajstić information content (AvgIpc) is 3.25. The topological polar surface area (TPSA) is 97.9 Å². The minimum Gasteiger partial charge on any atom is -0.496 e. The zero-order chi connectivity index (χ0) is 30.2. The number of amides is 2. The molecule has 2 heterocycles. The van der Waals surface area contributed by atoms with Crippen LogP contribution in [-0.2, 0) is 6.18 Å². The highest BCUT2D eigenvalue weighted by Gasteiger charge is 2.44. The molecule has 14 heteroatoms. The second kappa shape index (κ2) is 11.1. The van der Waals surface area contributed by atoms with Crippen molar-refractivity contribution in [1.29, 1.82) is 0 Å². The van der Waals surface area contributed by atoms with Crippen LogP contribution in [0.1, 0.15) is 50.6 Å². The van der Waals surface area contributed by atoms with Crippen LogP contribution in [0.5, 0.6) is 17.2 Å². The summed E-state index contributed by atoms with van der Waals surface area (Å²) in [6.07, 6.45) is -7.28. The van der Waals surface area contributed by atoms with Crippen LogP contribution < -0.4 is 30.2 Å². The number of carbonyl (C=O) groups is 2. The third kappa shape index (κ3) is 6.08. The predicted molar refractivity (Wildman–Crippen MR) is 138 cm³/mol. The maximum Gasteiger partial charge on any atom is 0.586 e. The van der Waals surface area contributed by atoms with E-state index in [1.165, 1.54) is 7.11 Å². The summed E-state index contributed by atoms with van der Waals surface area (Å²) < 4.78 is 95.0. The van der Waals surface area contributed by atoms with Crippen LogP contribution in [0, 0.1) is 5.82 Å². The zero-order valence-electron chi connectivity index (χ0n) is 21.8. The molecule has 0 aliphatic carbocycles. The van der Waals surface area contributed by atoms with E-state index in [4.69, 9.17) is 4.74 Å². The van der Waals surface area contributed by atoms with Gasteiger partial charge in [0.1, 0.15) is 11.6 Å². The first-order valence-electron chi connectivity index (χ1n) is 12.7. The number of hydrogen-bond donors (Lipinski definition) is 3. The van der Waals surface area contributed by atoms with Gasteiger partial charge >= 0.3 is 12.5 Å². The number of nitrogens with one attached hydrogen (secondary N) is 3. The Morgan fingerprint density at radius 3 is 2.36 bits per heavy atom. The highest BCUT2D eigenvalue weighted by atomic mass is 19.4. The molecule has 3 N–H and O–H groups in total. The fourth-order valence-electron chi connectivity index (χ4n) is 4.79. The molecule has 2 aliphatic rings. The Labute approximate surface area is 234 Å². The molecule has 5 rings (SSSR count). The predicted octanol–water partition coefficient (Wildman–Crippen LogP) is 6.15. The van der Waals surface area contributed by atoms with E-state index < -0.39 is 58.4 Å². The largest absolute Gasteiger partial charge is 0.586 e. The molecule has 0 radical (unpaired) electrons. The molecule has 0 bridgehead atoms. The van der Waals surface area contributed by atoms with Crippen LogP contribution in [0.15, 0.2) is 48.5 Å². The molecule has 0 saturated carbocycles. The van der Waals surface area contributed by atoms with Crippen molar-refractivity contribution in [2.24, 2.45) is 0 Å². The van der Waals surface area contributed by atoms with Crippen LogP contribution in [-0.4, -0.2) is 38.3 Å². The fraction of sp³-hybridized carbons (Fsp3) is 0.286. The number of rotatable bonds is 6. The molecule has 8 nitrogen and oxygen atoms in total. The van der Waals surface area contributed by atoms with Gasteiger partial charge in [0.05, 0.1) is 29.5 Å². The SMILES string of the molecule is COc1ccc(C2CCCNC2)cc1C(=O)Nc1cc2c(cc1C(=O)Nc1ccc(F)c(C(F)(F)F)c1)OC(F)(F)O2. The smallest absolute Gasteiger partial charge is 0.496 e. The van der Waals surface area contributed by atoms with Gasteiger partial charge in [0, 0.05) is 18.3 Å². The summed E-state index contributed by atoms with van der Waals surface area (Å²) in [5, 5.41) is 7.94. The number of fused-ring (bicyclic) bond motifs is 1. The molecule has 1 saturated heterocycles. The normalized spacial score (nSPS) is 17.5. The number of hydrogen-bond acceptors (Lipinski definition) is 6. The van der Waals surface area contributed by atoms with Crippen molar-refractivity contribution in [1.82, 2.24) is 5.32 Å². The van der Waals surface area contributed by atoms with Crippen molar-refractivity contribution in [3.63, 3.8) is 0 Å². The minimum absolute atomic E-state index is 0.0864. The van der Waals surface area contributed by atoms with Crippen LogP contribution >= 0.6 is 0 Å². The number of anilines is 2. The van der Waals surface area contributed by atoms with Gasteiger partial charge in [-0.05, 0) is 67.3 Å². The van der Waals surface area contributed by atoms with E-state index in [1.54, 1.807) is 12.1 Å². The third-order valence-corrected chi connectivity index (χ3v) is 6.80. The molecule has 2 aliphatic heterocycles. The highest BCUT2D eigenvalue weighted by Crippen LogP contribution is 2.44. The molecular weight excluding hydrogens is 572 g/mol. The Bertz CT molecular complexity index is 1540. The lowest BCUT2D eigenvalue weighted by atomic mass is 9.90. The molecule has 42 heavy (non-hydrogen) atoms. The molecule has 3 aromatic carbocycles. The highest BCUT2D eigenvalue weighted by molar-refractivity contribution is 6.13. The Morgan fingerprint density at radius 2 is 1.69 bits per heavy atom. The summed E-state index contributed by atoms with van der Waals surface area (Å²) in [6, 6.07) is 8.62. The lowest BCUT2D eigenvalue weighted by Crippen LogP contribution is -2.28. The second-order valence-corrected chi connectivity index (χ2v) is 9.62. The third-order valence-electron chi connectivity index (χ3n) is 6.80. The number of methoxy groups -OCH3 is 1. The first-order chi connectivity index (χ1) is 19.8. The zero-order valence-corrected chi connectivity index (χ0v) is 21.8. The monoisotopic (exact) mass is 595 g/mol. The van der Waals surface area contributed by atoms with E-state index in [1.807, 2.05) is 6.07 Å². The van der Waals surface area contributed by atoms with Crippen molar-refractivity contribution >= 4 is 23.2 Å². The lowest BCUT2D eigenvalue weighted by molar-refractivity contribution is -0.286. The van der Waals surface area contributed by atoms with E-state index >= 15 is 0 Å². The molecule has 222 valence electrons. The Morgan fingerprint density at radius 1 is 0.976 bits per heavy atom. The number of piperidine rings is 1. The van der Waals surface area contributed by atoms with Gasteiger partial charge < -0.3 is 30.2 Å². The van der Waals surface area contributed by atoms with Gasteiger partial charge in [-0.1, -0.05) is 6.07 Å². The molecule has 0 spiro atoms. The number of carbonyl (C=O) groups excluding carboxylic acids is 2. The second-order valence-electron chi connectivity index (χ2n) is 9.62. The quantitative estimate of drug-likeness (QED) is 0.296. The van der Waals surface area contributed by atoms with Gasteiger partial charge in [0.2, 0.25) is 0 Å². The summed E-state index contributed by atoms with van der Waals surface area (Å²) in [5.41, 5.74) is -1.89. The maximum absolute atomic E-state index is 13.8. The van der Waals surface area contributed by atoms with Crippen molar-refractivity contribution in [2.45, 2.75) is 31.2 Å². The van der Waals surface area contributed by atoms with Crippen molar-refractivity contribution in [3.8, 4) is 17.2 Å². The molecule has 1 unspecified atom stereocenters. The summed E-state index contributed by atoms with van der Waals surface area (Å²) >= 11 is 0. The Balaban J connectivity index is 1.48. The summed E-state index contributed by atoms with van der Waals surface area (Å²) in [6.45, 7) is 1.58. The van der Waals surface area contributed by atoms with Gasteiger partial charge in [-0.3, -0.25) is 9.59 Å². The van der Waals surface area contributed by atoms with Crippen LogP contribution in [0.2, 0.25) is 0 Å². The molecule has 3 aromatic rings. The van der Waals surface area contributed by atoms with E-state index in [2.05, 4.69) is 25.4 Å². The van der Waals surface area contributed by atoms with Crippen LogP contribution in [0.3, 0.4) is 0 Å². The molecule has 0 aromatic heterocycles. The summed E-state index contributed by atoms with van der Waals surface area (Å²) in [4.78, 5) is 26.6. The van der Waals surface area contributed by atoms with E-state index in [-0.39, 0.29) is 22.9 Å². The number of halogens is 6. The van der Waals surface area contributed by atoms with Gasteiger partial charge in [-0.2, -0.15) is 13.2 Å². The van der Waals surface area contributed by atoms with E-state index in [0.717, 1.165) is 43.1 Å². The summed E-state index contributed by atoms with van der Waals surface area (Å²) in [5.74, 6) is -4.16. The molecule has 1 fully saturated rings. The maximum atomic E-state index is 13.8. The summed E-state index contributed by atoms with van der Waals surface area (Å²) in [7, 11) is 1.35. The van der Waals surface area contributed by atoms with E-state index in [0.29, 0.717) is 18.7 Å².